The molecule has 1 unspecified atom stereocenters. The van der Waals surface area contributed by atoms with Gasteiger partial charge in [0.2, 0.25) is 0 Å². The van der Waals surface area contributed by atoms with Crippen molar-refractivity contribution in [3.8, 4) is 0 Å². The molecular formula is C13H23N3. The molecule has 16 heavy (non-hydrogen) atoms. The lowest BCUT2D eigenvalue weighted by atomic mass is 10.0. The summed E-state index contributed by atoms with van der Waals surface area (Å²) in [5.74, 6) is 0. The standard InChI is InChI=1S/C13H23N3/c1-9(2)8-12(14)6-7-13-10(3)15-16(5)11(13)4/h8,12H,6-7,14H2,1-5H3. The molecule has 0 bridgehead atoms. The summed E-state index contributed by atoms with van der Waals surface area (Å²) in [6, 6.07) is 0.156. The van der Waals surface area contributed by atoms with Crippen LogP contribution >= 0.6 is 0 Å². The lowest BCUT2D eigenvalue weighted by Gasteiger charge is -2.07. The second-order valence-electron chi connectivity index (χ2n) is 4.72. The van der Waals surface area contributed by atoms with Crippen LogP contribution in [0.25, 0.3) is 0 Å². The molecule has 0 saturated carbocycles. The molecule has 1 heterocycles. The van der Waals surface area contributed by atoms with Gasteiger partial charge in [0.1, 0.15) is 0 Å². The largest absolute Gasteiger partial charge is 0.324 e. The van der Waals surface area contributed by atoms with E-state index >= 15 is 0 Å². The molecule has 0 spiro atoms. The van der Waals surface area contributed by atoms with E-state index in [1.165, 1.54) is 16.8 Å². The van der Waals surface area contributed by atoms with Gasteiger partial charge in [0.15, 0.2) is 0 Å². The van der Waals surface area contributed by atoms with Gasteiger partial charge >= 0.3 is 0 Å². The summed E-state index contributed by atoms with van der Waals surface area (Å²) >= 11 is 0. The third-order valence-corrected chi connectivity index (χ3v) is 2.93. The molecule has 0 amide bonds. The first-order chi connectivity index (χ1) is 7.41. The minimum absolute atomic E-state index is 0.156. The Balaban J connectivity index is 2.65. The smallest absolute Gasteiger partial charge is 0.0628 e. The van der Waals surface area contributed by atoms with Crippen LogP contribution in [-0.2, 0) is 13.5 Å². The van der Waals surface area contributed by atoms with Gasteiger partial charge in [-0.15, -0.1) is 0 Å². The number of nitrogens with zero attached hydrogens (tertiary/aromatic N) is 2. The number of aromatic nitrogens is 2. The molecule has 3 heteroatoms. The summed E-state index contributed by atoms with van der Waals surface area (Å²) in [5.41, 5.74) is 11.0. The summed E-state index contributed by atoms with van der Waals surface area (Å²) < 4.78 is 1.94. The molecular weight excluding hydrogens is 198 g/mol. The highest BCUT2D eigenvalue weighted by atomic mass is 15.3. The molecule has 0 aliphatic rings. The highest BCUT2D eigenvalue weighted by Gasteiger charge is 2.10. The van der Waals surface area contributed by atoms with Crippen LogP contribution in [0.2, 0.25) is 0 Å². The van der Waals surface area contributed by atoms with E-state index in [-0.39, 0.29) is 6.04 Å². The predicted molar refractivity (Wildman–Crippen MR) is 68.4 cm³/mol. The topological polar surface area (TPSA) is 43.8 Å². The van der Waals surface area contributed by atoms with Crippen molar-refractivity contribution in [1.82, 2.24) is 9.78 Å². The first-order valence-corrected chi connectivity index (χ1v) is 5.81. The lowest BCUT2D eigenvalue weighted by molar-refractivity contribution is 0.706. The maximum absolute atomic E-state index is 6.03. The third kappa shape index (κ3) is 3.20. The fourth-order valence-corrected chi connectivity index (χ4v) is 2.00. The van der Waals surface area contributed by atoms with Crippen molar-refractivity contribution < 1.29 is 0 Å². The molecule has 2 N–H and O–H groups in total. The summed E-state index contributed by atoms with van der Waals surface area (Å²) in [4.78, 5) is 0. The van der Waals surface area contributed by atoms with Crippen molar-refractivity contribution in [1.29, 1.82) is 0 Å². The van der Waals surface area contributed by atoms with Gasteiger partial charge in [0, 0.05) is 18.8 Å². The van der Waals surface area contributed by atoms with Gasteiger partial charge in [0.05, 0.1) is 5.69 Å². The highest BCUT2D eigenvalue weighted by molar-refractivity contribution is 5.24. The summed E-state index contributed by atoms with van der Waals surface area (Å²) in [6.07, 6.45) is 4.12. The molecule has 3 nitrogen and oxygen atoms in total. The molecule has 1 rings (SSSR count). The average molecular weight is 221 g/mol. The summed E-state index contributed by atoms with van der Waals surface area (Å²) in [6.45, 7) is 8.34. The molecule has 0 aromatic carbocycles. The Morgan fingerprint density at radius 1 is 1.44 bits per heavy atom. The van der Waals surface area contributed by atoms with Crippen LogP contribution in [0, 0.1) is 13.8 Å². The van der Waals surface area contributed by atoms with Gasteiger partial charge in [-0.05, 0) is 46.1 Å². The summed E-state index contributed by atoms with van der Waals surface area (Å²) in [7, 11) is 1.99. The maximum Gasteiger partial charge on any atom is 0.0628 e. The Labute approximate surface area is 98.3 Å². The zero-order chi connectivity index (χ0) is 12.3. The van der Waals surface area contributed by atoms with E-state index in [0.717, 1.165) is 18.5 Å². The Kier molecular flexibility index (Phi) is 4.30. The van der Waals surface area contributed by atoms with Crippen molar-refractivity contribution in [3.05, 3.63) is 28.6 Å². The minimum Gasteiger partial charge on any atom is -0.324 e. The second-order valence-corrected chi connectivity index (χ2v) is 4.72. The van der Waals surface area contributed by atoms with Crippen molar-refractivity contribution >= 4 is 0 Å². The molecule has 1 aromatic heterocycles. The van der Waals surface area contributed by atoms with E-state index < -0.39 is 0 Å². The molecule has 0 fully saturated rings. The molecule has 0 saturated heterocycles. The van der Waals surface area contributed by atoms with Crippen LogP contribution in [0.3, 0.4) is 0 Å². The SMILES string of the molecule is CC(C)=CC(N)CCc1c(C)nn(C)c1C. The van der Waals surface area contributed by atoms with Crippen LogP contribution < -0.4 is 5.73 Å². The van der Waals surface area contributed by atoms with Crippen LogP contribution in [0.1, 0.15) is 37.2 Å². The molecule has 1 atom stereocenters. The van der Waals surface area contributed by atoms with E-state index in [9.17, 15) is 0 Å². The van der Waals surface area contributed by atoms with Gasteiger partial charge in [-0.25, -0.2) is 0 Å². The summed E-state index contributed by atoms with van der Waals surface area (Å²) in [5, 5.41) is 4.41. The van der Waals surface area contributed by atoms with E-state index in [1.807, 2.05) is 11.7 Å². The molecule has 0 aliphatic heterocycles. The maximum atomic E-state index is 6.03. The predicted octanol–water partition coefficient (Wildman–Crippen LogP) is 2.26. The van der Waals surface area contributed by atoms with Crippen LogP contribution in [-0.4, -0.2) is 15.8 Å². The van der Waals surface area contributed by atoms with Gasteiger partial charge < -0.3 is 5.73 Å². The fourth-order valence-electron chi connectivity index (χ4n) is 2.00. The zero-order valence-corrected chi connectivity index (χ0v) is 11.0. The number of nitrogens with two attached hydrogens (primary N) is 1. The second kappa shape index (κ2) is 5.30. The van der Waals surface area contributed by atoms with Gasteiger partial charge in [-0.1, -0.05) is 11.6 Å². The Morgan fingerprint density at radius 2 is 2.06 bits per heavy atom. The van der Waals surface area contributed by atoms with Crippen LogP contribution in [0.4, 0.5) is 0 Å². The number of hydrogen-bond donors (Lipinski definition) is 1. The monoisotopic (exact) mass is 221 g/mol. The number of aryl methyl sites for hydroxylation is 2. The van der Waals surface area contributed by atoms with Crippen molar-refractivity contribution in [2.75, 3.05) is 0 Å². The van der Waals surface area contributed by atoms with E-state index in [4.69, 9.17) is 5.73 Å². The van der Waals surface area contributed by atoms with Crippen LogP contribution in [0.5, 0.6) is 0 Å². The number of rotatable bonds is 4. The first kappa shape index (κ1) is 13.0. The van der Waals surface area contributed by atoms with Gasteiger partial charge in [-0.3, -0.25) is 4.68 Å². The van der Waals surface area contributed by atoms with Crippen LogP contribution in [0.15, 0.2) is 11.6 Å². The van der Waals surface area contributed by atoms with Gasteiger partial charge in [-0.2, -0.15) is 5.10 Å². The average Bonchev–Trinajstić information content (AvgIpc) is 2.38. The number of allylic oxidation sites excluding steroid dienone is 1. The van der Waals surface area contributed by atoms with E-state index in [2.05, 4.69) is 38.9 Å². The van der Waals surface area contributed by atoms with Gasteiger partial charge in [0.25, 0.3) is 0 Å². The number of hydrogen-bond acceptors (Lipinski definition) is 2. The highest BCUT2D eigenvalue weighted by Crippen LogP contribution is 2.15. The fraction of sp³-hybridized carbons (Fsp3) is 0.615. The third-order valence-electron chi connectivity index (χ3n) is 2.93. The van der Waals surface area contributed by atoms with Crippen molar-refractivity contribution in [2.24, 2.45) is 12.8 Å². The molecule has 0 aliphatic carbocycles. The van der Waals surface area contributed by atoms with E-state index in [0.29, 0.717) is 0 Å². The zero-order valence-electron chi connectivity index (χ0n) is 11.0. The molecule has 90 valence electrons. The Bertz CT molecular complexity index is 384. The first-order valence-electron chi connectivity index (χ1n) is 5.81. The quantitative estimate of drug-likeness (QED) is 0.793. The minimum atomic E-state index is 0.156. The van der Waals surface area contributed by atoms with Crippen molar-refractivity contribution in [3.63, 3.8) is 0 Å². The normalized spacial score (nSPS) is 12.6. The Morgan fingerprint density at radius 3 is 2.50 bits per heavy atom. The Hall–Kier alpha value is -1.09. The lowest BCUT2D eigenvalue weighted by Crippen LogP contribution is -2.18. The van der Waals surface area contributed by atoms with E-state index in [1.54, 1.807) is 0 Å². The van der Waals surface area contributed by atoms with Crippen molar-refractivity contribution in [2.45, 2.75) is 46.6 Å². The molecule has 1 aromatic rings. The molecule has 0 radical (unpaired) electrons.